The molecular formula is C18H26N2O3. The van der Waals surface area contributed by atoms with Crippen LogP contribution in [0.3, 0.4) is 0 Å². The molecule has 5 nitrogen and oxygen atoms in total. The first-order chi connectivity index (χ1) is 11.0. The molecule has 1 saturated heterocycles. The Morgan fingerprint density at radius 1 is 1.30 bits per heavy atom. The third-order valence-corrected chi connectivity index (χ3v) is 4.43. The maximum absolute atomic E-state index is 12.5. The van der Waals surface area contributed by atoms with Crippen molar-refractivity contribution in [2.45, 2.75) is 57.7 Å². The molecule has 0 radical (unpaired) electrons. The predicted molar refractivity (Wildman–Crippen MR) is 89.2 cm³/mol. The summed E-state index contributed by atoms with van der Waals surface area (Å²) in [5.74, 6) is -1.01. The van der Waals surface area contributed by atoms with Crippen LogP contribution in [0.25, 0.3) is 0 Å². The number of hydrogen-bond acceptors (Lipinski definition) is 3. The van der Waals surface area contributed by atoms with E-state index >= 15 is 0 Å². The molecule has 0 aliphatic carbocycles. The van der Waals surface area contributed by atoms with Crippen LogP contribution >= 0.6 is 0 Å². The van der Waals surface area contributed by atoms with Crippen LogP contribution in [0.1, 0.15) is 38.7 Å². The fourth-order valence-electron chi connectivity index (χ4n) is 3.15. The van der Waals surface area contributed by atoms with Crippen molar-refractivity contribution >= 4 is 11.9 Å². The quantitative estimate of drug-likeness (QED) is 0.807. The largest absolute Gasteiger partial charge is 0.480 e. The normalized spacial score (nSPS) is 20.3. The van der Waals surface area contributed by atoms with Gasteiger partial charge < -0.3 is 15.3 Å². The van der Waals surface area contributed by atoms with Gasteiger partial charge in [0.25, 0.3) is 0 Å². The summed E-state index contributed by atoms with van der Waals surface area (Å²) >= 11 is 0. The van der Waals surface area contributed by atoms with E-state index in [4.69, 9.17) is 0 Å². The van der Waals surface area contributed by atoms with E-state index in [9.17, 15) is 14.7 Å². The summed E-state index contributed by atoms with van der Waals surface area (Å²) in [5.41, 5.74) is 1.28. The number of hydrogen-bond donors (Lipinski definition) is 2. The Kier molecular flexibility index (Phi) is 6.16. The van der Waals surface area contributed by atoms with Crippen LogP contribution in [-0.2, 0) is 16.0 Å². The van der Waals surface area contributed by atoms with Gasteiger partial charge in [0.2, 0.25) is 5.91 Å². The van der Waals surface area contributed by atoms with Crippen LogP contribution in [0.5, 0.6) is 0 Å². The van der Waals surface area contributed by atoms with E-state index in [2.05, 4.69) is 24.4 Å². The summed E-state index contributed by atoms with van der Waals surface area (Å²) in [6.07, 6.45) is 3.21. The highest BCUT2D eigenvalue weighted by atomic mass is 16.4. The monoisotopic (exact) mass is 318 g/mol. The number of amides is 1. The second-order valence-corrected chi connectivity index (χ2v) is 6.34. The van der Waals surface area contributed by atoms with Gasteiger partial charge in [-0.2, -0.15) is 0 Å². The summed E-state index contributed by atoms with van der Waals surface area (Å²) in [5, 5.41) is 12.5. The molecule has 5 heteroatoms. The fraction of sp³-hybridized carbons (Fsp3) is 0.556. The average Bonchev–Trinajstić information content (AvgIpc) is 3.03. The SMILES string of the molecule is CC(N[C@H](C)CCc1ccccc1)C(=O)N1CCCC1C(=O)O. The van der Waals surface area contributed by atoms with E-state index in [1.165, 1.54) is 10.5 Å². The van der Waals surface area contributed by atoms with Crippen molar-refractivity contribution in [1.82, 2.24) is 10.2 Å². The number of likely N-dealkylation sites (tertiary alicyclic amines) is 1. The molecular weight excluding hydrogens is 292 g/mol. The molecule has 23 heavy (non-hydrogen) atoms. The maximum Gasteiger partial charge on any atom is 0.326 e. The summed E-state index contributed by atoms with van der Waals surface area (Å²) in [6, 6.07) is 9.43. The first-order valence-electron chi connectivity index (χ1n) is 8.32. The molecule has 1 heterocycles. The summed E-state index contributed by atoms with van der Waals surface area (Å²) in [6.45, 7) is 4.42. The lowest BCUT2D eigenvalue weighted by molar-refractivity contribution is -0.148. The predicted octanol–water partition coefficient (Wildman–Crippen LogP) is 2.06. The van der Waals surface area contributed by atoms with Gasteiger partial charge >= 0.3 is 5.97 Å². The van der Waals surface area contributed by atoms with Gasteiger partial charge in [0.15, 0.2) is 0 Å². The maximum atomic E-state index is 12.5. The minimum atomic E-state index is -0.903. The lowest BCUT2D eigenvalue weighted by Gasteiger charge is -2.27. The van der Waals surface area contributed by atoms with Crippen LogP contribution < -0.4 is 5.32 Å². The number of carbonyl (C=O) groups excluding carboxylic acids is 1. The van der Waals surface area contributed by atoms with Crippen LogP contribution in [-0.4, -0.2) is 46.6 Å². The van der Waals surface area contributed by atoms with Gasteiger partial charge in [-0.3, -0.25) is 4.79 Å². The van der Waals surface area contributed by atoms with Crippen molar-refractivity contribution in [3.8, 4) is 0 Å². The lowest BCUT2D eigenvalue weighted by Crippen LogP contribution is -2.50. The summed E-state index contributed by atoms with van der Waals surface area (Å²) in [4.78, 5) is 25.2. The number of aryl methyl sites for hydroxylation is 1. The smallest absolute Gasteiger partial charge is 0.326 e. The molecule has 0 aromatic heterocycles. The zero-order valence-electron chi connectivity index (χ0n) is 13.9. The van der Waals surface area contributed by atoms with Crippen molar-refractivity contribution in [3.63, 3.8) is 0 Å². The second kappa shape index (κ2) is 8.11. The van der Waals surface area contributed by atoms with Gasteiger partial charge in [0.1, 0.15) is 6.04 Å². The van der Waals surface area contributed by atoms with Gasteiger partial charge in [-0.15, -0.1) is 0 Å². The van der Waals surface area contributed by atoms with Crippen LogP contribution in [0.4, 0.5) is 0 Å². The van der Waals surface area contributed by atoms with Crippen LogP contribution in [0, 0.1) is 0 Å². The number of nitrogens with one attached hydrogen (secondary N) is 1. The van der Waals surface area contributed by atoms with Gasteiger partial charge in [-0.1, -0.05) is 30.3 Å². The number of benzene rings is 1. The highest BCUT2D eigenvalue weighted by Crippen LogP contribution is 2.18. The lowest BCUT2D eigenvalue weighted by atomic mass is 10.1. The molecule has 2 N–H and O–H groups in total. The van der Waals surface area contributed by atoms with Crippen molar-refractivity contribution in [2.75, 3.05) is 6.54 Å². The third kappa shape index (κ3) is 4.79. The zero-order chi connectivity index (χ0) is 16.8. The molecule has 0 saturated carbocycles. The Bertz CT molecular complexity index is 532. The Hall–Kier alpha value is -1.88. The van der Waals surface area contributed by atoms with Crippen LogP contribution in [0.15, 0.2) is 30.3 Å². The Morgan fingerprint density at radius 3 is 2.65 bits per heavy atom. The molecule has 1 aromatic carbocycles. The molecule has 2 rings (SSSR count). The van der Waals surface area contributed by atoms with Crippen molar-refractivity contribution < 1.29 is 14.7 Å². The van der Waals surface area contributed by atoms with Crippen molar-refractivity contribution in [3.05, 3.63) is 35.9 Å². The van der Waals surface area contributed by atoms with Crippen LogP contribution in [0.2, 0.25) is 0 Å². The minimum absolute atomic E-state index is 0.110. The number of nitrogens with zero attached hydrogens (tertiary/aromatic N) is 1. The molecule has 1 fully saturated rings. The number of carboxylic acid groups (broad SMARTS) is 1. The van der Waals surface area contributed by atoms with Gasteiger partial charge in [0.05, 0.1) is 6.04 Å². The molecule has 2 unspecified atom stereocenters. The fourth-order valence-corrected chi connectivity index (χ4v) is 3.15. The molecule has 1 aromatic rings. The zero-order valence-corrected chi connectivity index (χ0v) is 13.9. The highest BCUT2D eigenvalue weighted by Gasteiger charge is 2.35. The summed E-state index contributed by atoms with van der Waals surface area (Å²) in [7, 11) is 0. The van der Waals surface area contributed by atoms with E-state index in [-0.39, 0.29) is 18.0 Å². The minimum Gasteiger partial charge on any atom is -0.480 e. The molecule has 0 bridgehead atoms. The molecule has 0 spiro atoms. The first kappa shape index (κ1) is 17.5. The Balaban J connectivity index is 1.82. The molecule has 1 aliphatic heterocycles. The number of aliphatic carboxylic acids is 1. The van der Waals surface area contributed by atoms with Gasteiger partial charge in [-0.25, -0.2) is 4.79 Å². The standard InChI is InChI=1S/C18H26N2O3/c1-13(10-11-15-7-4-3-5-8-15)19-14(2)17(21)20-12-6-9-16(20)18(22)23/h3-5,7-8,13-14,16,19H,6,9-12H2,1-2H3,(H,22,23)/t13-,14?,16?/m1/s1. The van der Waals surface area contributed by atoms with E-state index in [0.717, 1.165) is 19.3 Å². The van der Waals surface area contributed by atoms with E-state index in [1.807, 2.05) is 25.1 Å². The Labute approximate surface area is 137 Å². The third-order valence-electron chi connectivity index (χ3n) is 4.43. The summed E-state index contributed by atoms with van der Waals surface area (Å²) < 4.78 is 0. The number of carbonyl (C=O) groups is 2. The number of carboxylic acids is 1. The Morgan fingerprint density at radius 2 is 2.00 bits per heavy atom. The molecule has 126 valence electrons. The van der Waals surface area contributed by atoms with E-state index in [0.29, 0.717) is 13.0 Å². The van der Waals surface area contributed by atoms with Gasteiger partial charge in [-0.05, 0) is 45.1 Å². The van der Waals surface area contributed by atoms with E-state index < -0.39 is 12.0 Å². The first-order valence-corrected chi connectivity index (χ1v) is 8.32. The van der Waals surface area contributed by atoms with E-state index in [1.54, 1.807) is 0 Å². The topological polar surface area (TPSA) is 69.6 Å². The molecule has 1 amide bonds. The average molecular weight is 318 g/mol. The van der Waals surface area contributed by atoms with Crippen molar-refractivity contribution in [1.29, 1.82) is 0 Å². The second-order valence-electron chi connectivity index (χ2n) is 6.34. The highest BCUT2D eigenvalue weighted by molar-refractivity contribution is 5.87. The number of rotatable bonds is 7. The molecule has 3 atom stereocenters. The molecule has 1 aliphatic rings. The van der Waals surface area contributed by atoms with Gasteiger partial charge in [0, 0.05) is 12.6 Å². The van der Waals surface area contributed by atoms with Crippen molar-refractivity contribution in [2.24, 2.45) is 0 Å².